The predicted octanol–water partition coefficient (Wildman–Crippen LogP) is 1.86. The maximum Gasteiger partial charge on any atom is 0.234 e. The Kier molecular flexibility index (Phi) is 6.14. The van der Waals surface area contributed by atoms with Crippen molar-refractivity contribution in [2.24, 2.45) is 5.92 Å². The first-order chi connectivity index (χ1) is 12.6. The second-order valence-electron chi connectivity index (χ2n) is 7.32. The van der Waals surface area contributed by atoms with Crippen LogP contribution in [0.15, 0.2) is 24.3 Å². The summed E-state index contributed by atoms with van der Waals surface area (Å²) in [6.45, 7) is 3.37. The first kappa shape index (κ1) is 18.7. The monoisotopic (exact) mass is 359 g/mol. The number of hydrogen-bond donors (Lipinski definition) is 2. The number of nitrogens with zero attached hydrogens (tertiary/aromatic N) is 1. The number of carbonyl (C=O) groups excluding carboxylic acids is 2. The van der Waals surface area contributed by atoms with E-state index in [1.54, 1.807) is 14.0 Å². The lowest BCUT2D eigenvalue weighted by Gasteiger charge is -2.31. The highest BCUT2D eigenvalue weighted by molar-refractivity contribution is 5.78. The normalized spacial score (nSPS) is 19.1. The van der Waals surface area contributed by atoms with E-state index in [4.69, 9.17) is 4.74 Å². The molecule has 142 valence electrons. The lowest BCUT2D eigenvalue weighted by Crippen LogP contribution is -2.48. The maximum absolute atomic E-state index is 12.3. The van der Waals surface area contributed by atoms with Gasteiger partial charge in [-0.25, -0.2) is 0 Å². The summed E-state index contributed by atoms with van der Waals surface area (Å²) in [5.41, 5.74) is 1.20. The summed E-state index contributed by atoms with van der Waals surface area (Å²) >= 11 is 0. The zero-order valence-electron chi connectivity index (χ0n) is 15.7. The van der Waals surface area contributed by atoms with Gasteiger partial charge in [0.25, 0.3) is 0 Å². The minimum absolute atomic E-state index is 0.0328. The molecule has 1 aliphatic heterocycles. The van der Waals surface area contributed by atoms with E-state index in [2.05, 4.69) is 22.8 Å². The molecule has 1 aromatic carbocycles. The molecule has 2 aliphatic rings. The highest BCUT2D eigenvalue weighted by Crippen LogP contribution is 2.41. The van der Waals surface area contributed by atoms with Gasteiger partial charge >= 0.3 is 0 Å². The SMILES string of the molecule is COc1ccc(C(NCC(=O)NC2CCN(C(C)=O)CC2)C2CC2)cc1. The van der Waals surface area contributed by atoms with Gasteiger partial charge in [0.15, 0.2) is 0 Å². The molecule has 1 heterocycles. The Morgan fingerprint density at radius 2 is 1.81 bits per heavy atom. The fraction of sp³-hybridized carbons (Fsp3) is 0.600. The molecule has 3 rings (SSSR count). The first-order valence-electron chi connectivity index (χ1n) is 9.49. The molecule has 1 atom stereocenters. The molecule has 2 amide bonds. The maximum atomic E-state index is 12.3. The van der Waals surface area contributed by atoms with Crippen LogP contribution < -0.4 is 15.4 Å². The standard InChI is InChI=1S/C20H29N3O3/c1-14(24)23-11-9-17(10-12-23)22-19(25)13-21-20(15-3-4-15)16-5-7-18(26-2)8-6-16/h5-8,15,17,20-21H,3-4,9-13H2,1-2H3,(H,22,25). The molecular formula is C20H29N3O3. The third-order valence-electron chi connectivity index (χ3n) is 5.36. The van der Waals surface area contributed by atoms with E-state index in [0.29, 0.717) is 12.5 Å². The van der Waals surface area contributed by atoms with Gasteiger partial charge < -0.3 is 20.3 Å². The van der Waals surface area contributed by atoms with Crippen molar-refractivity contribution in [2.45, 2.75) is 44.7 Å². The summed E-state index contributed by atoms with van der Waals surface area (Å²) in [4.78, 5) is 25.5. The van der Waals surface area contributed by atoms with Gasteiger partial charge in [-0.3, -0.25) is 9.59 Å². The number of carbonyl (C=O) groups is 2. The molecule has 0 bridgehead atoms. The summed E-state index contributed by atoms with van der Waals surface area (Å²) in [7, 11) is 1.66. The molecule has 1 unspecified atom stereocenters. The molecule has 26 heavy (non-hydrogen) atoms. The number of methoxy groups -OCH3 is 1. The lowest BCUT2D eigenvalue weighted by molar-refractivity contribution is -0.130. The number of piperidine rings is 1. The zero-order valence-corrected chi connectivity index (χ0v) is 15.7. The Morgan fingerprint density at radius 3 is 2.35 bits per heavy atom. The third-order valence-corrected chi connectivity index (χ3v) is 5.36. The number of amides is 2. The Balaban J connectivity index is 1.47. The van der Waals surface area contributed by atoms with E-state index in [1.807, 2.05) is 17.0 Å². The van der Waals surface area contributed by atoms with Gasteiger partial charge in [-0.1, -0.05) is 12.1 Å². The lowest BCUT2D eigenvalue weighted by atomic mass is 10.0. The molecule has 2 fully saturated rings. The molecule has 0 spiro atoms. The van der Waals surface area contributed by atoms with Crippen molar-refractivity contribution in [3.05, 3.63) is 29.8 Å². The molecule has 1 aliphatic carbocycles. The summed E-state index contributed by atoms with van der Waals surface area (Å²) in [6.07, 6.45) is 4.06. The average molecular weight is 359 g/mol. The van der Waals surface area contributed by atoms with Crippen LogP contribution in [0.2, 0.25) is 0 Å². The van der Waals surface area contributed by atoms with Gasteiger partial charge in [0.1, 0.15) is 5.75 Å². The van der Waals surface area contributed by atoms with Gasteiger partial charge in [-0.05, 0) is 49.3 Å². The Bertz CT molecular complexity index is 620. The summed E-state index contributed by atoms with van der Waals surface area (Å²) in [5.74, 6) is 1.60. The molecule has 2 N–H and O–H groups in total. The highest BCUT2D eigenvalue weighted by atomic mass is 16.5. The molecule has 1 saturated carbocycles. The van der Waals surface area contributed by atoms with Crippen LogP contribution in [0.25, 0.3) is 0 Å². The van der Waals surface area contributed by atoms with Crippen LogP contribution in [0.4, 0.5) is 0 Å². The smallest absolute Gasteiger partial charge is 0.234 e. The number of nitrogens with one attached hydrogen (secondary N) is 2. The van der Waals surface area contributed by atoms with Crippen molar-refractivity contribution in [3.63, 3.8) is 0 Å². The summed E-state index contributed by atoms with van der Waals surface area (Å²) in [5, 5.41) is 6.54. The van der Waals surface area contributed by atoms with E-state index in [0.717, 1.165) is 31.7 Å². The van der Waals surface area contributed by atoms with Crippen molar-refractivity contribution in [2.75, 3.05) is 26.7 Å². The number of hydrogen-bond acceptors (Lipinski definition) is 4. The first-order valence-corrected chi connectivity index (χ1v) is 9.49. The van der Waals surface area contributed by atoms with E-state index >= 15 is 0 Å². The van der Waals surface area contributed by atoms with Crippen LogP contribution in [-0.2, 0) is 9.59 Å². The van der Waals surface area contributed by atoms with Crippen LogP contribution in [0.3, 0.4) is 0 Å². The van der Waals surface area contributed by atoms with Crippen LogP contribution in [-0.4, -0.2) is 49.5 Å². The van der Waals surface area contributed by atoms with Crippen LogP contribution in [0.5, 0.6) is 5.75 Å². The predicted molar refractivity (Wildman–Crippen MR) is 99.9 cm³/mol. The van der Waals surface area contributed by atoms with Crippen LogP contribution in [0, 0.1) is 5.92 Å². The van der Waals surface area contributed by atoms with E-state index in [1.165, 1.54) is 18.4 Å². The minimum Gasteiger partial charge on any atom is -0.497 e. The van der Waals surface area contributed by atoms with E-state index in [-0.39, 0.29) is 23.9 Å². The number of benzene rings is 1. The van der Waals surface area contributed by atoms with E-state index < -0.39 is 0 Å². The highest BCUT2D eigenvalue weighted by Gasteiger charge is 2.32. The summed E-state index contributed by atoms with van der Waals surface area (Å²) in [6, 6.07) is 8.46. The quantitative estimate of drug-likeness (QED) is 0.780. The molecular weight excluding hydrogens is 330 g/mol. The fourth-order valence-electron chi connectivity index (χ4n) is 3.62. The van der Waals surface area contributed by atoms with E-state index in [9.17, 15) is 9.59 Å². The Hall–Kier alpha value is -2.08. The van der Waals surface area contributed by atoms with Crippen LogP contribution in [0.1, 0.15) is 44.2 Å². The van der Waals surface area contributed by atoms with Crippen molar-refractivity contribution >= 4 is 11.8 Å². The molecule has 0 aromatic heterocycles. The van der Waals surface area contributed by atoms with Gasteiger partial charge in [0, 0.05) is 32.1 Å². The third kappa shape index (κ3) is 4.97. The van der Waals surface area contributed by atoms with Crippen molar-refractivity contribution in [1.29, 1.82) is 0 Å². The van der Waals surface area contributed by atoms with Crippen molar-refractivity contribution in [3.8, 4) is 5.75 Å². The van der Waals surface area contributed by atoms with Crippen LogP contribution >= 0.6 is 0 Å². The minimum atomic E-state index is 0.0328. The largest absolute Gasteiger partial charge is 0.497 e. The van der Waals surface area contributed by atoms with Crippen molar-refractivity contribution in [1.82, 2.24) is 15.5 Å². The number of ether oxygens (including phenoxy) is 1. The van der Waals surface area contributed by atoms with Gasteiger partial charge in [-0.15, -0.1) is 0 Å². The molecule has 6 heteroatoms. The molecule has 6 nitrogen and oxygen atoms in total. The van der Waals surface area contributed by atoms with Gasteiger partial charge in [-0.2, -0.15) is 0 Å². The Labute approximate surface area is 155 Å². The number of likely N-dealkylation sites (tertiary alicyclic amines) is 1. The molecule has 1 aromatic rings. The number of rotatable bonds is 7. The molecule has 0 radical (unpaired) electrons. The summed E-state index contributed by atoms with van der Waals surface area (Å²) < 4.78 is 5.22. The van der Waals surface area contributed by atoms with Gasteiger partial charge in [0.05, 0.1) is 13.7 Å². The van der Waals surface area contributed by atoms with Gasteiger partial charge in [0.2, 0.25) is 11.8 Å². The fourth-order valence-corrected chi connectivity index (χ4v) is 3.62. The second-order valence-corrected chi connectivity index (χ2v) is 7.32. The molecule has 1 saturated heterocycles. The Morgan fingerprint density at radius 1 is 1.15 bits per heavy atom. The zero-order chi connectivity index (χ0) is 18.5. The van der Waals surface area contributed by atoms with Crippen molar-refractivity contribution < 1.29 is 14.3 Å². The topological polar surface area (TPSA) is 70.7 Å². The second kappa shape index (κ2) is 8.54. The average Bonchev–Trinajstić information content (AvgIpc) is 3.48.